The maximum Gasteiger partial charge on any atom is 0.255 e. The smallest absolute Gasteiger partial charge is 0.255 e. The summed E-state index contributed by atoms with van der Waals surface area (Å²) in [5, 5.41) is 3.23. The molecule has 0 aromatic carbocycles. The van der Waals surface area contributed by atoms with Gasteiger partial charge in [-0.2, -0.15) is 5.53 Å². The normalized spacial score (nSPS) is 30.0. The molecule has 24 heavy (non-hydrogen) atoms. The molecule has 3 heterocycles. The molecule has 1 aliphatic carbocycles. The fourth-order valence-electron chi connectivity index (χ4n) is 4.06. The fraction of sp³-hybridized carbons (Fsp3) is 0.647. The second-order valence-electron chi connectivity index (χ2n) is 7.03. The Kier molecular flexibility index (Phi) is 4.64. The van der Waals surface area contributed by atoms with E-state index < -0.39 is 0 Å². The van der Waals surface area contributed by atoms with Crippen molar-refractivity contribution < 1.29 is 4.79 Å². The molecule has 1 amide bonds. The highest BCUT2D eigenvalue weighted by atomic mass is 16.1. The molecule has 7 nitrogen and oxygen atoms in total. The van der Waals surface area contributed by atoms with Crippen molar-refractivity contribution in [3.05, 3.63) is 23.9 Å². The molecule has 130 valence electrons. The van der Waals surface area contributed by atoms with Crippen molar-refractivity contribution in [3.8, 4) is 0 Å². The molecule has 3 fully saturated rings. The quantitative estimate of drug-likeness (QED) is 0.653. The first kappa shape index (κ1) is 15.8. The van der Waals surface area contributed by atoms with Crippen LogP contribution in [-0.4, -0.2) is 42.1 Å². The van der Waals surface area contributed by atoms with Crippen LogP contribution >= 0.6 is 0 Å². The summed E-state index contributed by atoms with van der Waals surface area (Å²) < 4.78 is 0. The minimum Gasteiger partial charge on any atom is -0.356 e. The molecule has 0 bridgehead atoms. The summed E-state index contributed by atoms with van der Waals surface area (Å²) in [7, 11) is 0. The molecule has 3 atom stereocenters. The molecular weight excluding hydrogens is 304 g/mol. The summed E-state index contributed by atoms with van der Waals surface area (Å²) in [6.07, 6.45) is 8.40. The van der Waals surface area contributed by atoms with Crippen molar-refractivity contribution in [2.24, 2.45) is 0 Å². The monoisotopic (exact) mass is 330 g/mol. The van der Waals surface area contributed by atoms with Crippen LogP contribution in [0.3, 0.4) is 0 Å². The molecule has 4 rings (SSSR count). The molecule has 4 N–H and O–H groups in total. The standard InChI is InChI=1S/C17H26N6O/c24-17(19-12-6-7-14-15(11-12)21-22-20-14)13-5-4-8-18-16(13)23-9-2-1-3-10-23/h4-5,8,12,14-15,20-22H,1-3,6-7,9-11H2,(H,19,24). The highest BCUT2D eigenvalue weighted by Crippen LogP contribution is 2.24. The molecule has 3 aliphatic rings. The zero-order valence-corrected chi connectivity index (χ0v) is 13.9. The Morgan fingerprint density at radius 3 is 2.88 bits per heavy atom. The van der Waals surface area contributed by atoms with Gasteiger partial charge in [-0.3, -0.25) is 4.79 Å². The molecule has 3 unspecified atom stereocenters. The zero-order chi connectivity index (χ0) is 16.4. The Morgan fingerprint density at radius 2 is 2.00 bits per heavy atom. The summed E-state index contributed by atoms with van der Waals surface area (Å²) >= 11 is 0. The van der Waals surface area contributed by atoms with Gasteiger partial charge in [-0.25, -0.2) is 15.8 Å². The lowest BCUT2D eigenvalue weighted by Gasteiger charge is -2.32. The second-order valence-corrected chi connectivity index (χ2v) is 7.03. The minimum absolute atomic E-state index is 0.00559. The second kappa shape index (κ2) is 7.04. The number of anilines is 1. The van der Waals surface area contributed by atoms with E-state index in [1.165, 1.54) is 19.3 Å². The third-order valence-electron chi connectivity index (χ3n) is 5.39. The van der Waals surface area contributed by atoms with Crippen molar-refractivity contribution >= 4 is 11.7 Å². The first-order valence-electron chi connectivity index (χ1n) is 9.08. The Labute approximate surface area is 142 Å². The zero-order valence-electron chi connectivity index (χ0n) is 13.9. The third kappa shape index (κ3) is 3.24. The lowest BCUT2D eigenvalue weighted by molar-refractivity contribution is 0.0922. The van der Waals surface area contributed by atoms with Crippen LogP contribution in [0.25, 0.3) is 0 Å². The van der Waals surface area contributed by atoms with E-state index in [9.17, 15) is 4.79 Å². The number of hydrogen-bond donors (Lipinski definition) is 4. The summed E-state index contributed by atoms with van der Waals surface area (Å²) in [6.45, 7) is 1.98. The van der Waals surface area contributed by atoms with Gasteiger partial charge >= 0.3 is 0 Å². The van der Waals surface area contributed by atoms with Crippen molar-refractivity contribution in [2.75, 3.05) is 18.0 Å². The van der Waals surface area contributed by atoms with Crippen LogP contribution < -0.4 is 26.6 Å². The van der Waals surface area contributed by atoms with Gasteiger partial charge in [0, 0.05) is 37.4 Å². The number of nitrogens with zero attached hydrogens (tertiary/aromatic N) is 2. The molecule has 0 radical (unpaired) electrons. The van der Waals surface area contributed by atoms with E-state index in [-0.39, 0.29) is 11.9 Å². The fourth-order valence-corrected chi connectivity index (χ4v) is 4.06. The van der Waals surface area contributed by atoms with Gasteiger partial charge in [-0.15, -0.1) is 0 Å². The number of pyridine rings is 1. The number of amides is 1. The molecule has 7 heteroatoms. The van der Waals surface area contributed by atoms with Crippen molar-refractivity contribution in [1.82, 2.24) is 26.7 Å². The Hall–Kier alpha value is -1.70. The van der Waals surface area contributed by atoms with Crippen LogP contribution in [0, 0.1) is 0 Å². The van der Waals surface area contributed by atoms with Gasteiger partial charge in [0.1, 0.15) is 5.82 Å². The van der Waals surface area contributed by atoms with Crippen molar-refractivity contribution in [2.45, 2.75) is 56.7 Å². The number of hydrogen-bond acceptors (Lipinski definition) is 6. The highest BCUT2D eigenvalue weighted by molar-refractivity contribution is 5.99. The number of hydrazine groups is 2. The van der Waals surface area contributed by atoms with E-state index >= 15 is 0 Å². The van der Waals surface area contributed by atoms with Crippen LogP contribution in [0.4, 0.5) is 5.82 Å². The van der Waals surface area contributed by atoms with E-state index in [0.29, 0.717) is 17.6 Å². The van der Waals surface area contributed by atoms with Gasteiger partial charge in [0.05, 0.1) is 5.56 Å². The number of fused-ring (bicyclic) bond motifs is 1. The average Bonchev–Trinajstić information content (AvgIpc) is 3.10. The topological polar surface area (TPSA) is 81.3 Å². The third-order valence-corrected chi connectivity index (χ3v) is 5.39. The molecule has 2 saturated heterocycles. The van der Waals surface area contributed by atoms with Crippen LogP contribution in [0.1, 0.15) is 48.9 Å². The molecule has 2 aliphatic heterocycles. The highest BCUT2D eigenvalue weighted by Gasteiger charge is 2.34. The summed E-state index contributed by atoms with van der Waals surface area (Å²) in [6, 6.07) is 4.79. The Bertz CT molecular complexity index is 588. The van der Waals surface area contributed by atoms with Gasteiger partial charge in [0.2, 0.25) is 0 Å². The van der Waals surface area contributed by atoms with Crippen molar-refractivity contribution in [3.63, 3.8) is 0 Å². The SMILES string of the molecule is O=C(NC1CCC2NNNC2C1)c1cccnc1N1CCCCC1. The van der Waals surface area contributed by atoms with Gasteiger partial charge in [-0.05, 0) is 50.7 Å². The largest absolute Gasteiger partial charge is 0.356 e. The maximum absolute atomic E-state index is 12.8. The minimum atomic E-state index is 0.00559. The van der Waals surface area contributed by atoms with E-state index in [2.05, 4.69) is 31.6 Å². The van der Waals surface area contributed by atoms with E-state index in [1.807, 2.05) is 12.1 Å². The van der Waals surface area contributed by atoms with Gasteiger partial charge < -0.3 is 10.2 Å². The van der Waals surface area contributed by atoms with E-state index in [0.717, 1.165) is 38.2 Å². The molecule has 1 aromatic rings. The number of carbonyl (C=O) groups excluding carboxylic acids is 1. The first-order valence-corrected chi connectivity index (χ1v) is 9.08. The van der Waals surface area contributed by atoms with Crippen LogP contribution in [0.5, 0.6) is 0 Å². The van der Waals surface area contributed by atoms with E-state index in [4.69, 9.17) is 0 Å². The molecule has 1 saturated carbocycles. The maximum atomic E-state index is 12.8. The lowest BCUT2D eigenvalue weighted by atomic mass is 9.87. The predicted molar refractivity (Wildman–Crippen MR) is 92.4 cm³/mol. The molecule has 1 aromatic heterocycles. The van der Waals surface area contributed by atoms with Crippen LogP contribution in [0.15, 0.2) is 18.3 Å². The van der Waals surface area contributed by atoms with Crippen molar-refractivity contribution in [1.29, 1.82) is 0 Å². The number of piperidine rings is 1. The van der Waals surface area contributed by atoms with Crippen LogP contribution in [-0.2, 0) is 0 Å². The molecular formula is C17H26N6O. The number of rotatable bonds is 3. The first-order chi connectivity index (χ1) is 11.8. The number of carbonyl (C=O) groups is 1. The molecule has 0 spiro atoms. The summed E-state index contributed by atoms with van der Waals surface area (Å²) in [5.74, 6) is 0.844. The number of nitrogens with one attached hydrogen (secondary N) is 4. The summed E-state index contributed by atoms with van der Waals surface area (Å²) in [5.41, 5.74) is 10.2. The van der Waals surface area contributed by atoms with Gasteiger partial charge in [0.25, 0.3) is 5.91 Å². The van der Waals surface area contributed by atoms with Crippen LogP contribution in [0.2, 0.25) is 0 Å². The summed E-state index contributed by atoms with van der Waals surface area (Å²) in [4.78, 5) is 19.6. The Morgan fingerprint density at radius 1 is 1.17 bits per heavy atom. The lowest BCUT2D eigenvalue weighted by Crippen LogP contribution is -2.48. The van der Waals surface area contributed by atoms with E-state index in [1.54, 1.807) is 6.20 Å². The van der Waals surface area contributed by atoms with Gasteiger partial charge in [-0.1, -0.05) is 0 Å². The average molecular weight is 330 g/mol. The van der Waals surface area contributed by atoms with Gasteiger partial charge in [0.15, 0.2) is 0 Å². The predicted octanol–water partition coefficient (Wildman–Crippen LogP) is 0.704. The Balaban J connectivity index is 1.44. The number of aromatic nitrogens is 1.